The van der Waals surface area contributed by atoms with E-state index >= 15 is 0 Å². The molecule has 4 heteroatoms. The highest BCUT2D eigenvalue weighted by atomic mass is 16.7. The van der Waals surface area contributed by atoms with Gasteiger partial charge in [-0.2, -0.15) is 0 Å². The van der Waals surface area contributed by atoms with Crippen LogP contribution in [0, 0.1) is 0 Å². The fourth-order valence-electron chi connectivity index (χ4n) is 2.41. The van der Waals surface area contributed by atoms with Crippen LogP contribution in [0.5, 0.6) is 0 Å². The predicted octanol–water partition coefficient (Wildman–Crippen LogP) is 1.53. The minimum absolute atomic E-state index is 0.322. The first-order valence-electron chi connectivity index (χ1n) is 6.36. The zero-order valence-electron chi connectivity index (χ0n) is 10.6. The van der Waals surface area contributed by atoms with Crippen molar-refractivity contribution in [1.82, 2.24) is 0 Å². The van der Waals surface area contributed by atoms with Crippen molar-refractivity contribution in [3.8, 4) is 0 Å². The van der Waals surface area contributed by atoms with Crippen LogP contribution < -0.4 is 0 Å². The summed E-state index contributed by atoms with van der Waals surface area (Å²) in [6.45, 7) is 0. The van der Waals surface area contributed by atoms with E-state index in [4.69, 9.17) is 4.74 Å². The summed E-state index contributed by atoms with van der Waals surface area (Å²) in [5.74, 6) is -2.83. The zero-order valence-corrected chi connectivity index (χ0v) is 10.6. The van der Waals surface area contributed by atoms with E-state index in [0.717, 1.165) is 0 Å². The van der Waals surface area contributed by atoms with Gasteiger partial charge in [-0.05, 0) is 5.56 Å². The second-order valence-corrected chi connectivity index (χ2v) is 4.77. The van der Waals surface area contributed by atoms with E-state index in [-0.39, 0.29) is 0 Å². The Labute approximate surface area is 116 Å². The Balaban J connectivity index is 1.99. The molecule has 0 saturated carbocycles. The summed E-state index contributed by atoms with van der Waals surface area (Å²) in [7, 11) is 0. The van der Waals surface area contributed by atoms with E-state index in [1.807, 2.05) is 6.07 Å². The quantitative estimate of drug-likeness (QED) is 0.868. The molecule has 1 saturated heterocycles. The number of Topliss-reactive ketones (excluding diaryl/α,β-unsaturated/α-hetero) is 1. The van der Waals surface area contributed by atoms with Crippen LogP contribution in [0.1, 0.15) is 17.2 Å². The molecular weight excluding hydrogens is 256 g/mol. The van der Waals surface area contributed by atoms with E-state index in [9.17, 15) is 15.0 Å². The third-order valence-corrected chi connectivity index (χ3v) is 3.48. The molecule has 2 aromatic rings. The van der Waals surface area contributed by atoms with Gasteiger partial charge in [0.1, 0.15) is 12.2 Å². The maximum absolute atomic E-state index is 12.2. The van der Waals surface area contributed by atoms with Gasteiger partial charge in [-0.15, -0.1) is 0 Å². The molecule has 1 aliphatic rings. The summed E-state index contributed by atoms with van der Waals surface area (Å²) in [5, 5.41) is 20.6. The molecule has 20 heavy (non-hydrogen) atoms. The van der Waals surface area contributed by atoms with Crippen LogP contribution in [0.4, 0.5) is 0 Å². The Morgan fingerprint density at radius 2 is 1.50 bits per heavy atom. The standard InChI is InChI=1S/C16H14O4/c17-13-14(11-7-3-1-4-8-11)20-16(19,15(13)18)12-9-5-2-6-10-12/h1-10,13-14,17,19H. The molecule has 2 N–H and O–H groups in total. The van der Waals surface area contributed by atoms with Gasteiger partial charge >= 0.3 is 0 Å². The van der Waals surface area contributed by atoms with Crippen LogP contribution in [0.15, 0.2) is 60.7 Å². The van der Waals surface area contributed by atoms with Crippen molar-refractivity contribution < 1.29 is 19.7 Å². The minimum Gasteiger partial charge on any atom is -0.382 e. The Hall–Kier alpha value is -2.01. The maximum Gasteiger partial charge on any atom is 0.257 e. The van der Waals surface area contributed by atoms with Crippen LogP contribution in [-0.4, -0.2) is 22.1 Å². The first-order chi connectivity index (χ1) is 9.63. The largest absolute Gasteiger partial charge is 0.382 e. The summed E-state index contributed by atoms with van der Waals surface area (Å²) >= 11 is 0. The lowest BCUT2D eigenvalue weighted by atomic mass is 9.97. The number of aliphatic hydroxyl groups excluding tert-OH is 1. The van der Waals surface area contributed by atoms with Crippen LogP contribution in [-0.2, 0) is 15.3 Å². The van der Waals surface area contributed by atoms with E-state index < -0.39 is 23.8 Å². The summed E-state index contributed by atoms with van der Waals surface area (Å²) in [4.78, 5) is 12.2. The van der Waals surface area contributed by atoms with Crippen molar-refractivity contribution in [2.24, 2.45) is 0 Å². The number of ether oxygens (including phenoxy) is 1. The van der Waals surface area contributed by atoms with E-state index in [2.05, 4.69) is 0 Å². The van der Waals surface area contributed by atoms with Gasteiger partial charge in [-0.3, -0.25) is 4.79 Å². The molecule has 0 radical (unpaired) electrons. The summed E-state index contributed by atoms with van der Waals surface area (Å²) < 4.78 is 5.50. The van der Waals surface area contributed by atoms with Crippen molar-refractivity contribution in [1.29, 1.82) is 0 Å². The lowest BCUT2D eigenvalue weighted by molar-refractivity contribution is -0.202. The molecule has 1 fully saturated rings. The summed E-state index contributed by atoms with van der Waals surface area (Å²) in [6, 6.07) is 17.3. The molecule has 3 rings (SSSR count). The zero-order chi connectivity index (χ0) is 14.2. The Kier molecular flexibility index (Phi) is 3.14. The Bertz CT molecular complexity index is 611. The van der Waals surface area contributed by atoms with Gasteiger partial charge in [0.25, 0.3) is 5.79 Å². The van der Waals surface area contributed by atoms with Crippen molar-refractivity contribution in [2.75, 3.05) is 0 Å². The summed E-state index contributed by atoms with van der Waals surface area (Å²) in [5.41, 5.74) is 0.975. The number of benzene rings is 2. The Morgan fingerprint density at radius 3 is 2.10 bits per heavy atom. The normalized spacial score (nSPS) is 29.6. The predicted molar refractivity (Wildman–Crippen MR) is 71.6 cm³/mol. The highest BCUT2D eigenvalue weighted by Gasteiger charge is 2.54. The fraction of sp³-hybridized carbons (Fsp3) is 0.188. The van der Waals surface area contributed by atoms with E-state index in [1.165, 1.54) is 0 Å². The van der Waals surface area contributed by atoms with Crippen LogP contribution in [0.25, 0.3) is 0 Å². The molecule has 3 unspecified atom stereocenters. The minimum atomic E-state index is -2.10. The first-order valence-corrected chi connectivity index (χ1v) is 6.36. The highest BCUT2D eigenvalue weighted by Crippen LogP contribution is 2.41. The number of rotatable bonds is 2. The van der Waals surface area contributed by atoms with Crippen LogP contribution >= 0.6 is 0 Å². The molecule has 1 heterocycles. The molecule has 4 nitrogen and oxygen atoms in total. The fourth-order valence-corrected chi connectivity index (χ4v) is 2.41. The van der Waals surface area contributed by atoms with Gasteiger partial charge in [-0.25, -0.2) is 0 Å². The third kappa shape index (κ3) is 1.94. The molecule has 0 bridgehead atoms. The van der Waals surface area contributed by atoms with Gasteiger partial charge in [0.05, 0.1) is 0 Å². The average molecular weight is 270 g/mol. The van der Waals surface area contributed by atoms with Crippen molar-refractivity contribution in [3.63, 3.8) is 0 Å². The lowest BCUT2D eigenvalue weighted by Crippen LogP contribution is -2.35. The number of hydrogen-bond acceptors (Lipinski definition) is 4. The molecule has 0 aromatic heterocycles. The van der Waals surface area contributed by atoms with Crippen LogP contribution in [0.3, 0.4) is 0 Å². The molecule has 1 aliphatic heterocycles. The average Bonchev–Trinajstić information content (AvgIpc) is 2.75. The van der Waals surface area contributed by atoms with Gasteiger partial charge in [0, 0.05) is 5.56 Å². The van der Waals surface area contributed by atoms with E-state index in [1.54, 1.807) is 54.6 Å². The molecule has 0 amide bonds. The molecule has 0 spiro atoms. The van der Waals surface area contributed by atoms with Gasteiger partial charge < -0.3 is 14.9 Å². The molecule has 0 aliphatic carbocycles. The van der Waals surface area contributed by atoms with Crippen LogP contribution in [0.2, 0.25) is 0 Å². The molecular formula is C16H14O4. The number of aliphatic hydroxyl groups is 2. The summed E-state index contributed by atoms with van der Waals surface area (Å²) in [6.07, 6.45) is -2.25. The second kappa shape index (κ2) is 4.83. The van der Waals surface area contributed by atoms with Gasteiger partial charge in [0.15, 0.2) is 0 Å². The SMILES string of the molecule is O=C1C(O)C(c2ccccc2)OC1(O)c1ccccc1. The van der Waals surface area contributed by atoms with Gasteiger partial charge in [0.2, 0.25) is 5.78 Å². The Morgan fingerprint density at radius 1 is 0.950 bits per heavy atom. The van der Waals surface area contributed by atoms with E-state index in [0.29, 0.717) is 11.1 Å². The third-order valence-electron chi connectivity index (χ3n) is 3.48. The second-order valence-electron chi connectivity index (χ2n) is 4.77. The number of hydrogen-bond donors (Lipinski definition) is 2. The number of carbonyl (C=O) groups is 1. The van der Waals surface area contributed by atoms with Crippen molar-refractivity contribution in [3.05, 3.63) is 71.8 Å². The molecule has 102 valence electrons. The molecule has 2 aromatic carbocycles. The monoisotopic (exact) mass is 270 g/mol. The maximum atomic E-state index is 12.2. The lowest BCUT2D eigenvalue weighted by Gasteiger charge is -2.21. The number of carbonyl (C=O) groups excluding carboxylic acids is 1. The smallest absolute Gasteiger partial charge is 0.257 e. The number of ketones is 1. The van der Waals surface area contributed by atoms with Gasteiger partial charge in [-0.1, -0.05) is 60.7 Å². The first kappa shape index (κ1) is 13.0. The van der Waals surface area contributed by atoms with Crippen molar-refractivity contribution in [2.45, 2.75) is 18.0 Å². The highest BCUT2D eigenvalue weighted by molar-refractivity contribution is 5.93. The topological polar surface area (TPSA) is 66.8 Å². The van der Waals surface area contributed by atoms with Crippen molar-refractivity contribution >= 4 is 5.78 Å². The molecule has 3 atom stereocenters.